The molecule has 1 aliphatic carbocycles. The van der Waals surface area contributed by atoms with Gasteiger partial charge in [0.1, 0.15) is 5.82 Å². The van der Waals surface area contributed by atoms with E-state index in [1.54, 1.807) is 6.07 Å². The highest BCUT2D eigenvalue weighted by Gasteiger charge is 2.28. The van der Waals surface area contributed by atoms with Crippen molar-refractivity contribution in [1.29, 1.82) is 0 Å². The van der Waals surface area contributed by atoms with E-state index >= 15 is 0 Å². The number of rotatable bonds is 2. The van der Waals surface area contributed by atoms with Gasteiger partial charge in [0.15, 0.2) is 0 Å². The van der Waals surface area contributed by atoms with Crippen molar-refractivity contribution in [3.05, 3.63) is 69.4 Å². The summed E-state index contributed by atoms with van der Waals surface area (Å²) in [5, 5.41) is 10.5. The Bertz CT molecular complexity index is 626. The van der Waals surface area contributed by atoms with Crippen molar-refractivity contribution in [3.8, 4) is 0 Å². The second kappa shape index (κ2) is 5.66. The molecule has 0 spiro atoms. The zero-order valence-corrected chi connectivity index (χ0v) is 12.6. The first-order valence-electron chi connectivity index (χ1n) is 6.85. The van der Waals surface area contributed by atoms with Crippen LogP contribution in [0.2, 0.25) is 0 Å². The monoisotopic (exact) mass is 334 g/mol. The van der Waals surface area contributed by atoms with Gasteiger partial charge in [-0.05, 0) is 63.9 Å². The summed E-state index contributed by atoms with van der Waals surface area (Å²) in [5.74, 6) is -0.101. The van der Waals surface area contributed by atoms with Crippen LogP contribution in [0.15, 0.2) is 46.9 Å². The highest BCUT2D eigenvalue weighted by molar-refractivity contribution is 9.10. The number of hydrogen-bond donors (Lipinski definition) is 1. The molecule has 3 heteroatoms. The fourth-order valence-corrected chi connectivity index (χ4v) is 3.43. The molecule has 0 aromatic heterocycles. The molecule has 0 amide bonds. The Morgan fingerprint density at radius 2 is 1.95 bits per heavy atom. The van der Waals surface area contributed by atoms with E-state index in [0.29, 0.717) is 10.9 Å². The molecule has 0 fully saturated rings. The molecule has 2 aromatic carbocycles. The van der Waals surface area contributed by atoms with Crippen molar-refractivity contribution in [3.63, 3.8) is 0 Å². The largest absolute Gasteiger partial charge is 0.388 e. The van der Waals surface area contributed by atoms with E-state index < -0.39 is 6.10 Å². The standard InChI is InChI=1S/C17H16BrFO/c18-16-12(5-3-7-15(16)19)10-13-9-8-11-4-1-2-6-14(11)17(13)20/h1-7,13,17,20H,8-10H2. The van der Waals surface area contributed by atoms with Crippen molar-refractivity contribution < 1.29 is 9.50 Å². The Morgan fingerprint density at radius 1 is 1.15 bits per heavy atom. The third-order valence-electron chi connectivity index (χ3n) is 4.12. The quantitative estimate of drug-likeness (QED) is 0.861. The fourth-order valence-electron chi connectivity index (χ4n) is 3.01. The van der Waals surface area contributed by atoms with Crippen LogP contribution in [0.4, 0.5) is 4.39 Å². The van der Waals surface area contributed by atoms with E-state index in [4.69, 9.17) is 0 Å². The van der Waals surface area contributed by atoms with Crippen LogP contribution in [-0.4, -0.2) is 5.11 Å². The minimum absolute atomic E-state index is 0.142. The molecule has 1 aliphatic rings. The zero-order valence-electron chi connectivity index (χ0n) is 11.0. The van der Waals surface area contributed by atoms with Crippen LogP contribution in [-0.2, 0) is 12.8 Å². The van der Waals surface area contributed by atoms with E-state index in [2.05, 4.69) is 22.0 Å². The van der Waals surface area contributed by atoms with Gasteiger partial charge < -0.3 is 5.11 Å². The summed E-state index contributed by atoms with van der Waals surface area (Å²) in [6, 6.07) is 13.1. The molecule has 2 aromatic rings. The van der Waals surface area contributed by atoms with Crippen LogP contribution in [0.25, 0.3) is 0 Å². The number of aliphatic hydroxyl groups is 1. The maximum Gasteiger partial charge on any atom is 0.137 e. The summed E-state index contributed by atoms with van der Waals surface area (Å²) in [6.07, 6.45) is 2.13. The normalized spacial score (nSPS) is 21.6. The first-order chi connectivity index (χ1) is 9.66. The molecule has 0 radical (unpaired) electrons. The highest BCUT2D eigenvalue weighted by atomic mass is 79.9. The van der Waals surface area contributed by atoms with Crippen LogP contribution in [0.1, 0.15) is 29.2 Å². The maximum atomic E-state index is 13.6. The summed E-state index contributed by atoms with van der Waals surface area (Å²) in [6.45, 7) is 0. The first-order valence-corrected chi connectivity index (χ1v) is 7.65. The molecule has 1 nitrogen and oxygen atoms in total. The van der Waals surface area contributed by atoms with Gasteiger partial charge >= 0.3 is 0 Å². The van der Waals surface area contributed by atoms with Crippen molar-refractivity contribution in [1.82, 2.24) is 0 Å². The van der Waals surface area contributed by atoms with E-state index in [9.17, 15) is 9.50 Å². The van der Waals surface area contributed by atoms with Gasteiger partial charge in [-0.2, -0.15) is 0 Å². The number of halogens is 2. The van der Waals surface area contributed by atoms with Gasteiger partial charge in [-0.3, -0.25) is 0 Å². The number of fused-ring (bicyclic) bond motifs is 1. The Hall–Kier alpha value is -1.19. The molecule has 104 valence electrons. The molecule has 0 saturated carbocycles. The van der Waals surface area contributed by atoms with E-state index in [1.165, 1.54) is 11.6 Å². The zero-order chi connectivity index (χ0) is 14.1. The molecular formula is C17H16BrFO. The third kappa shape index (κ3) is 2.52. The molecule has 1 N–H and O–H groups in total. The molecule has 0 bridgehead atoms. The Balaban J connectivity index is 1.85. The lowest BCUT2D eigenvalue weighted by atomic mass is 9.78. The number of benzene rings is 2. The molecular weight excluding hydrogens is 319 g/mol. The van der Waals surface area contributed by atoms with Gasteiger partial charge in [0.25, 0.3) is 0 Å². The average Bonchev–Trinajstić information content (AvgIpc) is 2.47. The third-order valence-corrected chi connectivity index (χ3v) is 5.01. The fraction of sp³-hybridized carbons (Fsp3) is 0.294. The highest BCUT2D eigenvalue weighted by Crippen LogP contribution is 2.37. The van der Waals surface area contributed by atoms with E-state index in [1.807, 2.05) is 24.3 Å². The molecule has 20 heavy (non-hydrogen) atoms. The number of aliphatic hydroxyl groups excluding tert-OH is 1. The second-order valence-electron chi connectivity index (χ2n) is 5.36. The van der Waals surface area contributed by atoms with Gasteiger partial charge in [0.2, 0.25) is 0 Å². The van der Waals surface area contributed by atoms with Gasteiger partial charge in [0.05, 0.1) is 10.6 Å². The summed E-state index contributed by atoms with van der Waals surface area (Å²) in [7, 11) is 0. The molecule has 0 heterocycles. The Kier molecular flexibility index (Phi) is 3.90. The Morgan fingerprint density at radius 3 is 2.80 bits per heavy atom. The predicted molar refractivity (Wildman–Crippen MR) is 81.0 cm³/mol. The maximum absolute atomic E-state index is 13.6. The minimum atomic E-state index is -0.463. The molecule has 0 aliphatic heterocycles. The van der Waals surface area contributed by atoms with Crippen LogP contribution in [0, 0.1) is 11.7 Å². The lowest BCUT2D eigenvalue weighted by Crippen LogP contribution is -2.22. The van der Waals surface area contributed by atoms with E-state index in [-0.39, 0.29) is 11.7 Å². The van der Waals surface area contributed by atoms with E-state index in [0.717, 1.165) is 24.0 Å². The van der Waals surface area contributed by atoms with Crippen LogP contribution in [0.5, 0.6) is 0 Å². The summed E-state index contributed by atoms with van der Waals surface area (Å²) < 4.78 is 14.1. The van der Waals surface area contributed by atoms with Crippen molar-refractivity contribution >= 4 is 15.9 Å². The van der Waals surface area contributed by atoms with Crippen molar-refractivity contribution in [2.45, 2.75) is 25.4 Å². The van der Waals surface area contributed by atoms with Gasteiger partial charge in [-0.1, -0.05) is 36.4 Å². The SMILES string of the molecule is OC1c2ccccc2CCC1Cc1cccc(F)c1Br. The lowest BCUT2D eigenvalue weighted by Gasteiger charge is -2.30. The summed E-state index contributed by atoms with van der Waals surface area (Å²) in [5.41, 5.74) is 3.18. The summed E-state index contributed by atoms with van der Waals surface area (Å²) in [4.78, 5) is 0. The molecule has 3 rings (SSSR count). The first kappa shape index (κ1) is 13.8. The van der Waals surface area contributed by atoms with Crippen LogP contribution < -0.4 is 0 Å². The summed E-state index contributed by atoms with van der Waals surface area (Å²) >= 11 is 3.30. The van der Waals surface area contributed by atoms with Gasteiger partial charge in [-0.15, -0.1) is 0 Å². The lowest BCUT2D eigenvalue weighted by molar-refractivity contribution is 0.0935. The predicted octanol–water partition coefficient (Wildman–Crippen LogP) is 4.43. The Labute approximate surface area is 126 Å². The number of aryl methyl sites for hydroxylation is 1. The van der Waals surface area contributed by atoms with Gasteiger partial charge in [0, 0.05) is 0 Å². The van der Waals surface area contributed by atoms with Crippen LogP contribution >= 0.6 is 15.9 Å². The van der Waals surface area contributed by atoms with Gasteiger partial charge in [-0.25, -0.2) is 4.39 Å². The molecule has 0 saturated heterocycles. The minimum Gasteiger partial charge on any atom is -0.388 e. The molecule has 2 atom stereocenters. The molecule has 2 unspecified atom stereocenters. The second-order valence-corrected chi connectivity index (χ2v) is 6.15. The van der Waals surface area contributed by atoms with Crippen molar-refractivity contribution in [2.75, 3.05) is 0 Å². The van der Waals surface area contributed by atoms with Crippen LogP contribution in [0.3, 0.4) is 0 Å². The number of hydrogen-bond acceptors (Lipinski definition) is 1. The average molecular weight is 335 g/mol. The van der Waals surface area contributed by atoms with Crippen molar-refractivity contribution in [2.24, 2.45) is 5.92 Å². The smallest absolute Gasteiger partial charge is 0.137 e. The topological polar surface area (TPSA) is 20.2 Å².